The number of hydrogen-bond donors (Lipinski definition) is 3. The van der Waals surface area contributed by atoms with Crippen molar-refractivity contribution in [2.75, 3.05) is 12.4 Å². The number of hydrogen-bond acceptors (Lipinski definition) is 10. The quantitative estimate of drug-likeness (QED) is 0.231. The van der Waals surface area contributed by atoms with E-state index in [4.69, 9.17) is 16.3 Å². The number of ether oxygens (including phenoxy) is 1. The molecule has 5 rings (SSSR count). The molecule has 0 spiro atoms. The number of amides is 1. The molecule has 4 aromatic heterocycles. The average Bonchev–Trinajstić information content (AvgIpc) is 3.53. The summed E-state index contributed by atoms with van der Waals surface area (Å²) in [6.45, 7) is 5.28. The van der Waals surface area contributed by atoms with E-state index in [1.807, 2.05) is 0 Å². The van der Waals surface area contributed by atoms with Crippen LogP contribution in [0.25, 0.3) is 22.7 Å². The highest BCUT2D eigenvalue weighted by Gasteiger charge is 2.26. The fourth-order valence-corrected chi connectivity index (χ4v) is 4.35. The summed E-state index contributed by atoms with van der Waals surface area (Å²) in [5.41, 5.74) is 1.21. The molecule has 1 unspecified atom stereocenters. The topological polar surface area (TPSA) is 158 Å². The van der Waals surface area contributed by atoms with Gasteiger partial charge in [-0.25, -0.2) is 14.3 Å². The molecule has 4 heterocycles. The van der Waals surface area contributed by atoms with E-state index >= 15 is 0 Å². The molecule has 0 fully saturated rings. The van der Waals surface area contributed by atoms with Gasteiger partial charge in [0.25, 0.3) is 11.9 Å². The van der Waals surface area contributed by atoms with Crippen LogP contribution >= 0.6 is 11.6 Å². The summed E-state index contributed by atoms with van der Waals surface area (Å²) in [6, 6.07) is 6.19. The largest absolute Gasteiger partial charge is 0.480 e. The summed E-state index contributed by atoms with van der Waals surface area (Å²) < 4.78 is 35.0. The van der Waals surface area contributed by atoms with Gasteiger partial charge in [-0.1, -0.05) is 11.6 Å². The first-order chi connectivity index (χ1) is 19.5. The van der Waals surface area contributed by atoms with Gasteiger partial charge in [-0.3, -0.25) is 4.79 Å². The van der Waals surface area contributed by atoms with Crippen LogP contribution in [0.4, 0.5) is 14.5 Å². The van der Waals surface area contributed by atoms with Crippen LogP contribution in [-0.4, -0.2) is 63.7 Å². The number of carbonyl (C=O) groups excluding carboxylic acids is 1. The van der Waals surface area contributed by atoms with E-state index in [9.17, 15) is 18.7 Å². The number of fused-ring (bicyclic) bond motifs is 1. The maximum absolute atomic E-state index is 13.7. The predicted octanol–water partition coefficient (Wildman–Crippen LogP) is 3.28. The van der Waals surface area contributed by atoms with Crippen molar-refractivity contribution < 1.29 is 23.4 Å². The molecule has 13 nitrogen and oxygen atoms in total. The number of nitrogens with one attached hydrogen (secondary N) is 2. The monoisotopic (exact) mass is 584 g/mol. The number of rotatable bonds is 8. The van der Waals surface area contributed by atoms with Crippen LogP contribution in [-0.2, 0) is 0 Å². The Bertz CT molecular complexity index is 1750. The Morgan fingerprint density at radius 3 is 2.54 bits per heavy atom. The number of benzene rings is 1. The predicted molar refractivity (Wildman–Crippen MR) is 143 cm³/mol. The maximum Gasteiger partial charge on any atom is 0.315 e. The van der Waals surface area contributed by atoms with E-state index in [2.05, 4.69) is 40.8 Å². The molecular formula is C25H23ClF2N10O3. The smallest absolute Gasteiger partial charge is 0.315 e. The van der Waals surface area contributed by atoms with Crippen molar-refractivity contribution in [2.45, 2.75) is 33.0 Å². The van der Waals surface area contributed by atoms with Crippen molar-refractivity contribution >= 4 is 34.1 Å². The normalized spacial score (nSPS) is 12.1. The zero-order chi connectivity index (χ0) is 29.4. The second-order valence-corrected chi connectivity index (χ2v) is 9.54. The summed E-state index contributed by atoms with van der Waals surface area (Å²) in [5, 5.41) is 26.6. The molecular weight excluding hydrogens is 562 g/mol. The highest BCUT2D eigenvalue weighted by Crippen LogP contribution is 2.33. The number of aryl methyl sites for hydroxylation is 1. The van der Waals surface area contributed by atoms with Crippen molar-refractivity contribution in [1.82, 2.24) is 44.8 Å². The minimum absolute atomic E-state index is 0.0652. The molecule has 0 aliphatic heterocycles. The molecule has 1 aromatic carbocycles. The summed E-state index contributed by atoms with van der Waals surface area (Å²) in [5.74, 6) is -0.505. The van der Waals surface area contributed by atoms with Gasteiger partial charge in [0, 0.05) is 29.9 Å². The van der Waals surface area contributed by atoms with E-state index < -0.39 is 30.2 Å². The van der Waals surface area contributed by atoms with Gasteiger partial charge >= 0.3 is 12.2 Å². The Kier molecular flexibility index (Phi) is 7.47. The van der Waals surface area contributed by atoms with Gasteiger partial charge < -0.3 is 20.5 Å². The Hall–Kier alpha value is -4.76. The van der Waals surface area contributed by atoms with Crippen LogP contribution < -0.4 is 15.4 Å². The molecule has 0 saturated heterocycles. The molecule has 5 aromatic rings. The number of aliphatic hydroxyl groups is 1. The van der Waals surface area contributed by atoms with Gasteiger partial charge in [0.1, 0.15) is 5.52 Å². The molecule has 3 N–H and O–H groups in total. The minimum Gasteiger partial charge on any atom is -0.480 e. The van der Waals surface area contributed by atoms with Gasteiger partial charge in [-0.2, -0.15) is 28.8 Å². The lowest BCUT2D eigenvalue weighted by atomic mass is 10.0. The van der Waals surface area contributed by atoms with Crippen molar-refractivity contribution in [2.24, 2.45) is 0 Å². The van der Waals surface area contributed by atoms with Gasteiger partial charge in [0.2, 0.25) is 5.88 Å². The number of carbonyl (C=O) groups is 1. The van der Waals surface area contributed by atoms with Crippen molar-refractivity contribution in [3.05, 3.63) is 70.7 Å². The minimum atomic E-state index is -1.44. The Morgan fingerprint density at radius 2 is 1.88 bits per heavy atom. The standard InChI is InChI=1S/C25H23ClF2N10O3/c1-11(2)30-22(40)17-18(12(3)8-13-10-37(36-19(13)17)25-33-23(27)32-24(28)34-25)31-21(39)15-9-16(41-4)35-38(15)20-14(26)6-5-7-29-20/h5-11,21,31,39H,1-4H3,(H,30,40). The van der Waals surface area contributed by atoms with E-state index in [0.29, 0.717) is 10.9 Å². The van der Waals surface area contributed by atoms with E-state index in [-0.39, 0.29) is 45.2 Å². The molecule has 212 valence electrons. The maximum atomic E-state index is 13.7. The third-order valence-electron chi connectivity index (χ3n) is 5.84. The molecule has 41 heavy (non-hydrogen) atoms. The molecule has 1 amide bonds. The molecule has 1 atom stereocenters. The Labute approximate surface area is 236 Å². The van der Waals surface area contributed by atoms with Crippen LogP contribution in [0.15, 0.2) is 36.7 Å². The highest BCUT2D eigenvalue weighted by molar-refractivity contribution is 6.32. The summed E-state index contributed by atoms with van der Waals surface area (Å²) in [7, 11) is 1.42. The van der Waals surface area contributed by atoms with Crippen LogP contribution in [0.2, 0.25) is 5.02 Å². The second-order valence-electron chi connectivity index (χ2n) is 9.14. The number of anilines is 1. The second kappa shape index (κ2) is 11.0. The molecule has 0 aliphatic rings. The van der Waals surface area contributed by atoms with E-state index in [0.717, 1.165) is 4.68 Å². The zero-order valence-corrected chi connectivity index (χ0v) is 22.9. The average molecular weight is 585 g/mol. The highest BCUT2D eigenvalue weighted by atomic mass is 35.5. The van der Waals surface area contributed by atoms with Crippen LogP contribution in [0, 0.1) is 19.1 Å². The lowest BCUT2D eigenvalue weighted by Crippen LogP contribution is -2.31. The molecule has 16 heteroatoms. The Balaban J connectivity index is 1.64. The van der Waals surface area contributed by atoms with Crippen LogP contribution in [0.1, 0.15) is 41.7 Å². The molecule has 0 bridgehead atoms. The molecule has 0 radical (unpaired) electrons. The fraction of sp³-hybridized carbons (Fsp3) is 0.240. The first kappa shape index (κ1) is 27.8. The number of pyridine rings is 1. The van der Waals surface area contributed by atoms with Crippen molar-refractivity contribution in [3.63, 3.8) is 0 Å². The first-order valence-electron chi connectivity index (χ1n) is 12.2. The third kappa shape index (κ3) is 5.49. The van der Waals surface area contributed by atoms with Gasteiger partial charge in [-0.15, -0.1) is 5.10 Å². The summed E-state index contributed by atoms with van der Waals surface area (Å²) >= 11 is 6.34. The van der Waals surface area contributed by atoms with Crippen molar-refractivity contribution in [3.8, 4) is 17.6 Å². The van der Waals surface area contributed by atoms with Gasteiger partial charge in [0.05, 0.1) is 29.1 Å². The van der Waals surface area contributed by atoms with Gasteiger partial charge in [0.15, 0.2) is 12.0 Å². The Morgan fingerprint density at radius 1 is 1.15 bits per heavy atom. The van der Waals surface area contributed by atoms with Gasteiger partial charge in [-0.05, 0) is 44.5 Å². The fourth-order valence-electron chi connectivity index (χ4n) is 4.15. The number of methoxy groups -OCH3 is 1. The molecule has 0 aliphatic carbocycles. The lowest BCUT2D eigenvalue weighted by Gasteiger charge is -2.21. The van der Waals surface area contributed by atoms with E-state index in [1.165, 1.54) is 30.3 Å². The van der Waals surface area contributed by atoms with Crippen LogP contribution in [0.5, 0.6) is 5.88 Å². The summed E-state index contributed by atoms with van der Waals surface area (Å²) in [6.07, 6.45) is -1.16. The number of nitrogens with zero attached hydrogens (tertiary/aromatic N) is 8. The van der Waals surface area contributed by atoms with Crippen LogP contribution in [0.3, 0.4) is 0 Å². The van der Waals surface area contributed by atoms with E-state index in [1.54, 1.807) is 39.0 Å². The number of aromatic nitrogens is 8. The number of aliphatic hydroxyl groups excluding tert-OH is 1. The number of halogens is 3. The SMILES string of the molecule is COc1cc(C(O)Nc2c(C)cc3cn(-c4nc(F)nc(F)n4)nc3c2C(=O)NC(C)C)n(-c2ncccc2Cl)n1. The third-order valence-corrected chi connectivity index (χ3v) is 6.14. The molecule has 0 saturated carbocycles. The first-order valence-corrected chi connectivity index (χ1v) is 12.5. The zero-order valence-electron chi connectivity index (χ0n) is 22.1. The van der Waals surface area contributed by atoms with Crippen molar-refractivity contribution in [1.29, 1.82) is 0 Å². The summed E-state index contributed by atoms with van der Waals surface area (Å²) in [4.78, 5) is 27.6. The lowest BCUT2D eigenvalue weighted by molar-refractivity contribution is 0.0945.